The number of hydrogen-bond acceptors (Lipinski definition) is 4. The first-order valence-corrected chi connectivity index (χ1v) is 6.25. The summed E-state index contributed by atoms with van der Waals surface area (Å²) in [5.41, 5.74) is 1.77. The molecule has 0 unspecified atom stereocenters. The van der Waals surface area contributed by atoms with E-state index in [0.29, 0.717) is 11.3 Å². The van der Waals surface area contributed by atoms with E-state index in [2.05, 4.69) is 0 Å². The second-order valence-corrected chi connectivity index (χ2v) is 4.42. The highest BCUT2D eigenvalue weighted by Gasteiger charge is 2.03. The molecule has 0 fully saturated rings. The molecule has 0 amide bonds. The van der Waals surface area contributed by atoms with E-state index in [1.165, 1.54) is 18.2 Å². The van der Waals surface area contributed by atoms with Gasteiger partial charge in [0.05, 0.1) is 4.92 Å². The maximum Gasteiger partial charge on any atom is 0.336 e. The number of benzene rings is 2. The summed E-state index contributed by atoms with van der Waals surface area (Å²) in [6.07, 6.45) is 2.82. The van der Waals surface area contributed by atoms with Gasteiger partial charge in [0.1, 0.15) is 5.75 Å². The summed E-state index contributed by atoms with van der Waals surface area (Å²) in [4.78, 5) is 21.7. The Morgan fingerprint density at radius 3 is 2.29 bits per heavy atom. The Morgan fingerprint density at radius 1 is 1.10 bits per heavy atom. The number of nitrogens with zero attached hydrogens (tertiary/aromatic N) is 1. The largest absolute Gasteiger partial charge is 0.423 e. The summed E-state index contributed by atoms with van der Waals surface area (Å²) in [7, 11) is 0. The lowest BCUT2D eigenvalue weighted by molar-refractivity contribution is -0.384. The molecule has 0 aliphatic carbocycles. The minimum absolute atomic E-state index is 0.00869. The molecule has 0 aliphatic heterocycles. The molecule has 5 nitrogen and oxygen atoms in total. The first-order valence-electron chi connectivity index (χ1n) is 6.25. The van der Waals surface area contributed by atoms with Crippen molar-refractivity contribution in [1.29, 1.82) is 0 Å². The van der Waals surface area contributed by atoms with Crippen molar-refractivity contribution in [2.75, 3.05) is 0 Å². The normalized spacial score (nSPS) is 10.5. The fourth-order valence-electron chi connectivity index (χ4n) is 1.63. The number of carbonyl (C=O) groups is 1. The maximum atomic E-state index is 11.6. The summed E-state index contributed by atoms with van der Waals surface area (Å²) >= 11 is 0. The van der Waals surface area contributed by atoms with Crippen molar-refractivity contribution in [3.8, 4) is 5.75 Å². The highest BCUT2D eigenvalue weighted by molar-refractivity contribution is 5.88. The lowest BCUT2D eigenvalue weighted by Gasteiger charge is -2.01. The first kappa shape index (κ1) is 14.5. The van der Waals surface area contributed by atoms with E-state index in [4.69, 9.17) is 4.74 Å². The molecule has 0 aromatic heterocycles. The number of nitro benzene ring substituents is 1. The van der Waals surface area contributed by atoms with Crippen LogP contribution in [0.4, 0.5) is 5.69 Å². The second kappa shape index (κ2) is 6.47. The molecule has 106 valence electrons. The molecule has 21 heavy (non-hydrogen) atoms. The maximum absolute atomic E-state index is 11.6. The third-order valence-corrected chi connectivity index (χ3v) is 2.76. The Bertz CT molecular complexity index is 672. The van der Waals surface area contributed by atoms with Crippen LogP contribution in [0.15, 0.2) is 54.6 Å². The predicted octanol–water partition coefficient (Wildman–Crippen LogP) is 3.52. The van der Waals surface area contributed by atoms with Crippen LogP contribution in [-0.4, -0.2) is 10.9 Å². The molecule has 0 N–H and O–H groups in total. The van der Waals surface area contributed by atoms with Gasteiger partial charge in [-0.15, -0.1) is 0 Å². The Labute approximate surface area is 121 Å². The quantitative estimate of drug-likeness (QED) is 0.283. The van der Waals surface area contributed by atoms with Crippen molar-refractivity contribution in [3.63, 3.8) is 0 Å². The zero-order valence-corrected chi connectivity index (χ0v) is 11.4. The Hall–Kier alpha value is -2.95. The van der Waals surface area contributed by atoms with Crippen molar-refractivity contribution < 1.29 is 14.5 Å². The van der Waals surface area contributed by atoms with E-state index < -0.39 is 10.9 Å². The van der Waals surface area contributed by atoms with Crippen LogP contribution in [0, 0.1) is 17.0 Å². The van der Waals surface area contributed by atoms with Crippen molar-refractivity contribution >= 4 is 17.7 Å². The van der Waals surface area contributed by atoms with E-state index in [0.717, 1.165) is 5.56 Å². The number of non-ortho nitro benzene ring substituents is 1. The summed E-state index contributed by atoms with van der Waals surface area (Å²) in [6.45, 7) is 1.94. The van der Waals surface area contributed by atoms with Gasteiger partial charge < -0.3 is 4.74 Å². The van der Waals surface area contributed by atoms with Crippen LogP contribution in [0.1, 0.15) is 11.1 Å². The second-order valence-electron chi connectivity index (χ2n) is 4.42. The minimum atomic E-state index is -0.503. The molecule has 0 atom stereocenters. The molecule has 0 radical (unpaired) electrons. The molecule has 0 aliphatic rings. The number of ether oxygens (including phenoxy) is 1. The topological polar surface area (TPSA) is 69.4 Å². The van der Waals surface area contributed by atoms with Gasteiger partial charge in [0.25, 0.3) is 5.69 Å². The lowest BCUT2D eigenvalue weighted by Crippen LogP contribution is -2.03. The van der Waals surface area contributed by atoms with Gasteiger partial charge in [-0.05, 0) is 42.8 Å². The van der Waals surface area contributed by atoms with Crippen LogP contribution in [0.2, 0.25) is 0 Å². The van der Waals surface area contributed by atoms with E-state index in [1.807, 2.05) is 19.1 Å². The molecule has 5 heteroatoms. The fourth-order valence-corrected chi connectivity index (χ4v) is 1.63. The van der Waals surface area contributed by atoms with Gasteiger partial charge in [-0.3, -0.25) is 10.1 Å². The van der Waals surface area contributed by atoms with Crippen molar-refractivity contribution in [1.82, 2.24) is 0 Å². The number of rotatable bonds is 4. The minimum Gasteiger partial charge on any atom is -0.423 e. The molecule has 0 saturated carbocycles. The van der Waals surface area contributed by atoms with Gasteiger partial charge in [0.15, 0.2) is 0 Å². The van der Waals surface area contributed by atoms with Gasteiger partial charge in [-0.25, -0.2) is 4.79 Å². The average molecular weight is 283 g/mol. The van der Waals surface area contributed by atoms with Crippen molar-refractivity contribution in [3.05, 3.63) is 75.8 Å². The standard InChI is InChI=1S/C16H13NO4/c1-12-2-9-15(10-3-12)21-16(18)11-6-13-4-7-14(8-5-13)17(19)20/h2-11H,1H3/b11-6+. The lowest BCUT2D eigenvalue weighted by atomic mass is 10.2. The number of esters is 1. The molecule has 2 aromatic carbocycles. The molecule has 2 aromatic rings. The number of carbonyl (C=O) groups excluding carboxylic acids is 1. The van der Waals surface area contributed by atoms with Crippen LogP contribution in [0.25, 0.3) is 6.08 Å². The van der Waals surface area contributed by atoms with Crippen LogP contribution in [-0.2, 0) is 4.79 Å². The molecule has 0 saturated heterocycles. The van der Waals surface area contributed by atoms with E-state index in [9.17, 15) is 14.9 Å². The smallest absolute Gasteiger partial charge is 0.336 e. The Balaban J connectivity index is 1.98. The SMILES string of the molecule is Cc1ccc(OC(=O)/C=C/c2ccc([N+](=O)[O-])cc2)cc1. The molecular formula is C16H13NO4. The van der Waals surface area contributed by atoms with Crippen LogP contribution < -0.4 is 4.74 Å². The molecule has 0 spiro atoms. The zero-order chi connectivity index (χ0) is 15.2. The highest BCUT2D eigenvalue weighted by atomic mass is 16.6. The summed E-state index contributed by atoms with van der Waals surface area (Å²) in [6, 6.07) is 13.0. The van der Waals surface area contributed by atoms with Crippen LogP contribution in [0.3, 0.4) is 0 Å². The van der Waals surface area contributed by atoms with Crippen LogP contribution >= 0.6 is 0 Å². The molecule has 0 heterocycles. The summed E-state index contributed by atoms with van der Waals surface area (Å²) in [5.74, 6) is -0.0313. The van der Waals surface area contributed by atoms with Crippen molar-refractivity contribution in [2.24, 2.45) is 0 Å². The van der Waals surface area contributed by atoms with Gasteiger partial charge >= 0.3 is 5.97 Å². The van der Waals surface area contributed by atoms with Crippen LogP contribution in [0.5, 0.6) is 5.75 Å². The zero-order valence-electron chi connectivity index (χ0n) is 11.4. The third kappa shape index (κ3) is 4.28. The van der Waals surface area contributed by atoms with E-state index in [1.54, 1.807) is 30.3 Å². The van der Waals surface area contributed by atoms with Gasteiger partial charge in [0.2, 0.25) is 0 Å². The third-order valence-electron chi connectivity index (χ3n) is 2.76. The Morgan fingerprint density at radius 2 is 1.71 bits per heavy atom. The number of hydrogen-bond donors (Lipinski definition) is 0. The monoisotopic (exact) mass is 283 g/mol. The molecular weight excluding hydrogens is 270 g/mol. The van der Waals surface area contributed by atoms with Gasteiger partial charge in [-0.2, -0.15) is 0 Å². The van der Waals surface area contributed by atoms with Crippen molar-refractivity contribution in [2.45, 2.75) is 6.92 Å². The van der Waals surface area contributed by atoms with Gasteiger partial charge in [0, 0.05) is 18.2 Å². The molecule has 0 bridgehead atoms. The Kier molecular flexibility index (Phi) is 4.46. The summed E-state index contributed by atoms with van der Waals surface area (Å²) in [5, 5.41) is 10.5. The number of nitro groups is 1. The van der Waals surface area contributed by atoms with E-state index >= 15 is 0 Å². The van der Waals surface area contributed by atoms with E-state index in [-0.39, 0.29) is 5.69 Å². The first-order chi connectivity index (χ1) is 10.0. The predicted molar refractivity (Wildman–Crippen MR) is 78.9 cm³/mol. The average Bonchev–Trinajstić information content (AvgIpc) is 2.48. The number of aryl methyl sites for hydroxylation is 1. The highest BCUT2D eigenvalue weighted by Crippen LogP contribution is 2.14. The summed E-state index contributed by atoms with van der Waals surface area (Å²) < 4.78 is 5.12. The fraction of sp³-hybridized carbons (Fsp3) is 0.0625. The molecule has 2 rings (SSSR count). The van der Waals surface area contributed by atoms with Gasteiger partial charge in [-0.1, -0.05) is 17.7 Å².